The van der Waals surface area contributed by atoms with Crippen molar-refractivity contribution in [2.45, 2.75) is 6.92 Å². The second kappa shape index (κ2) is 7.38. The number of benzene rings is 2. The molecule has 0 radical (unpaired) electrons. The number of carbonyl (C=O) groups is 2. The molecule has 130 valence electrons. The molecule has 3 rings (SSSR count). The molecule has 2 aromatic carbocycles. The van der Waals surface area contributed by atoms with Crippen LogP contribution < -0.4 is 4.90 Å². The van der Waals surface area contributed by atoms with Gasteiger partial charge in [0.15, 0.2) is 0 Å². The lowest BCUT2D eigenvalue weighted by Gasteiger charge is -2.36. The zero-order valence-electron chi connectivity index (χ0n) is 14.6. The highest BCUT2D eigenvalue weighted by Crippen LogP contribution is 2.21. The first-order valence-corrected chi connectivity index (χ1v) is 8.38. The summed E-state index contributed by atoms with van der Waals surface area (Å²) < 4.78 is 4.68. The summed E-state index contributed by atoms with van der Waals surface area (Å²) in [6.07, 6.45) is 0. The Balaban J connectivity index is 1.63. The van der Waals surface area contributed by atoms with Gasteiger partial charge in [-0.25, -0.2) is 4.79 Å². The molecule has 0 aromatic heterocycles. The maximum Gasteiger partial charge on any atom is 0.337 e. The minimum absolute atomic E-state index is 0.000787. The maximum atomic E-state index is 12.7. The zero-order valence-corrected chi connectivity index (χ0v) is 14.6. The Kier molecular flexibility index (Phi) is 5.03. The molecule has 5 heteroatoms. The van der Waals surface area contributed by atoms with E-state index in [4.69, 9.17) is 0 Å². The van der Waals surface area contributed by atoms with E-state index in [1.165, 1.54) is 18.4 Å². The van der Waals surface area contributed by atoms with Gasteiger partial charge in [0.25, 0.3) is 5.91 Å². The lowest BCUT2D eigenvalue weighted by molar-refractivity contribution is 0.0599. The molecule has 0 aliphatic carbocycles. The topological polar surface area (TPSA) is 49.9 Å². The van der Waals surface area contributed by atoms with Gasteiger partial charge in [0.05, 0.1) is 12.7 Å². The molecule has 0 atom stereocenters. The van der Waals surface area contributed by atoms with Crippen LogP contribution in [0.3, 0.4) is 0 Å². The number of anilines is 1. The van der Waals surface area contributed by atoms with Gasteiger partial charge in [0, 0.05) is 37.4 Å². The average Bonchev–Trinajstić information content (AvgIpc) is 2.67. The number of carbonyl (C=O) groups excluding carboxylic acids is 2. The van der Waals surface area contributed by atoms with Crippen molar-refractivity contribution < 1.29 is 14.3 Å². The number of methoxy groups -OCH3 is 1. The highest BCUT2D eigenvalue weighted by Gasteiger charge is 2.23. The van der Waals surface area contributed by atoms with E-state index in [-0.39, 0.29) is 5.91 Å². The Morgan fingerprint density at radius 1 is 0.880 bits per heavy atom. The van der Waals surface area contributed by atoms with E-state index in [0.29, 0.717) is 24.2 Å². The molecule has 1 amide bonds. The molecule has 5 nitrogen and oxygen atoms in total. The quantitative estimate of drug-likeness (QED) is 0.808. The SMILES string of the molecule is COC(=O)c1ccc(C(=O)N2CCN(c3ccccc3C)CC2)cc1. The van der Waals surface area contributed by atoms with E-state index < -0.39 is 5.97 Å². The third-order valence-electron chi connectivity index (χ3n) is 4.58. The van der Waals surface area contributed by atoms with Crippen LogP contribution in [0.5, 0.6) is 0 Å². The molecule has 1 saturated heterocycles. The van der Waals surface area contributed by atoms with Gasteiger partial charge in [0.2, 0.25) is 0 Å². The molecule has 0 bridgehead atoms. The fourth-order valence-electron chi connectivity index (χ4n) is 3.12. The highest BCUT2D eigenvalue weighted by atomic mass is 16.5. The normalized spacial score (nSPS) is 14.3. The van der Waals surface area contributed by atoms with Gasteiger partial charge in [0.1, 0.15) is 0 Å². The number of nitrogens with zero attached hydrogens (tertiary/aromatic N) is 2. The summed E-state index contributed by atoms with van der Waals surface area (Å²) in [6.45, 7) is 5.11. The number of amides is 1. The molecule has 1 aliphatic heterocycles. The summed E-state index contributed by atoms with van der Waals surface area (Å²) in [6, 6.07) is 14.9. The fourth-order valence-corrected chi connectivity index (χ4v) is 3.12. The molecule has 25 heavy (non-hydrogen) atoms. The van der Waals surface area contributed by atoms with Crippen LogP contribution in [0.15, 0.2) is 48.5 Å². The van der Waals surface area contributed by atoms with E-state index in [0.717, 1.165) is 13.1 Å². The van der Waals surface area contributed by atoms with Crippen molar-refractivity contribution in [2.24, 2.45) is 0 Å². The summed E-state index contributed by atoms with van der Waals surface area (Å²) in [5.41, 5.74) is 3.53. The van der Waals surface area contributed by atoms with E-state index in [2.05, 4.69) is 28.7 Å². The van der Waals surface area contributed by atoms with Crippen molar-refractivity contribution >= 4 is 17.6 Å². The van der Waals surface area contributed by atoms with Crippen LogP contribution in [0.2, 0.25) is 0 Å². The van der Waals surface area contributed by atoms with Crippen LogP contribution in [0.25, 0.3) is 0 Å². The van der Waals surface area contributed by atoms with Crippen LogP contribution in [-0.4, -0.2) is 50.1 Å². The largest absolute Gasteiger partial charge is 0.465 e. The standard InChI is InChI=1S/C20H22N2O3/c1-15-5-3-4-6-18(15)21-11-13-22(14-12-21)19(23)16-7-9-17(10-8-16)20(24)25-2/h3-10H,11-14H2,1-2H3. The van der Waals surface area contributed by atoms with Crippen LogP contribution in [-0.2, 0) is 4.74 Å². The van der Waals surface area contributed by atoms with E-state index in [1.807, 2.05) is 17.0 Å². The van der Waals surface area contributed by atoms with E-state index in [9.17, 15) is 9.59 Å². The summed E-state index contributed by atoms with van der Waals surface area (Å²) in [4.78, 5) is 28.3. The van der Waals surface area contributed by atoms with Crippen molar-refractivity contribution in [2.75, 3.05) is 38.2 Å². The average molecular weight is 338 g/mol. The van der Waals surface area contributed by atoms with Gasteiger partial charge in [-0.05, 0) is 42.8 Å². The van der Waals surface area contributed by atoms with Gasteiger partial charge >= 0.3 is 5.97 Å². The Morgan fingerprint density at radius 2 is 1.48 bits per heavy atom. The van der Waals surface area contributed by atoms with E-state index in [1.54, 1.807) is 24.3 Å². The summed E-state index contributed by atoms with van der Waals surface area (Å²) in [7, 11) is 1.34. The first-order valence-electron chi connectivity index (χ1n) is 8.38. The van der Waals surface area contributed by atoms with Crippen LogP contribution in [0.4, 0.5) is 5.69 Å². The number of hydrogen-bond acceptors (Lipinski definition) is 4. The zero-order chi connectivity index (χ0) is 17.8. The second-order valence-corrected chi connectivity index (χ2v) is 6.13. The number of aryl methyl sites for hydroxylation is 1. The predicted octanol–water partition coefficient (Wildman–Crippen LogP) is 2.74. The highest BCUT2D eigenvalue weighted by molar-refractivity contribution is 5.96. The molecule has 0 unspecified atom stereocenters. The van der Waals surface area contributed by atoms with Gasteiger partial charge < -0.3 is 14.5 Å². The molecule has 1 aliphatic rings. The number of hydrogen-bond donors (Lipinski definition) is 0. The lowest BCUT2D eigenvalue weighted by atomic mass is 10.1. The number of rotatable bonds is 3. The Hall–Kier alpha value is -2.82. The van der Waals surface area contributed by atoms with Gasteiger partial charge in [-0.1, -0.05) is 18.2 Å². The van der Waals surface area contributed by atoms with Crippen LogP contribution >= 0.6 is 0 Å². The fraction of sp³-hybridized carbons (Fsp3) is 0.300. The molecular formula is C20H22N2O3. The summed E-state index contributed by atoms with van der Waals surface area (Å²) in [5, 5.41) is 0. The third kappa shape index (κ3) is 3.65. The molecule has 0 spiro atoms. The van der Waals surface area contributed by atoms with Crippen molar-refractivity contribution in [3.05, 3.63) is 65.2 Å². The van der Waals surface area contributed by atoms with Crippen molar-refractivity contribution in [1.82, 2.24) is 4.90 Å². The Labute approximate surface area is 147 Å². The molecule has 2 aromatic rings. The minimum Gasteiger partial charge on any atom is -0.465 e. The number of esters is 1. The van der Waals surface area contributed by atoms with Crippen LogP contribution in [0, 0.1) is 6.92 Å². The molecule has 1 fully saturated rings. The second-order valence-electron chi connectivity index (χ2n) is 6.13. The molecule has 0 N–H and O–H groups in total. The van der Waals surface area contributed by atoms with Crippen molar-refractivity contribution in [1.29, 1.82) is 0 Å². The Morgan fingerprint density at radius 3 is 2.08 bits per heavy atom. The smallest absolute Gasteiger partial charge is 0.337 e. The molecule has 1 heterocycles. The first-order chi connectivity index (χ1) is 12.1. The first kappa shape index (κ1) is 17.0. The maximum absolute atomic E-state index is 12.7. The number of para-hydroxylation sites is 1. The predicted molar refractivity (Wildman–Crippen MR) is 97.1 cm³/mol. The summed E-state index contributed by atoms with van der Waals surface area (Å²) in [5.74, 6) is -0.397. The van der Waals surface area contributed by atoms with Crippen molar-refractivity contribution in [3.8, 4) is 0 Å². The van der Waals surface area contributed by atoms with Gasteiger partial charge in [-0.15, -0.1) is 0 Å². The van der Waals surface area contributed by atoms with Gasteiger partial charge in [-0.3, -0.25) is 4.79 Å². The monoisotopic (exact) mass is 338 g/mol. The van der Waals surface area contributed by atoms with Crippen molar-refractivity contribution in [3.63, 3.8) is 0 Å². The Bertz CT molecular complexity index is 763. The summed E-state index contributed by atoms with van der Waals surface area (Å²) >= 11 is 0. The molecule has 0 saturated carbocycles. The lowest BCUT2D eigenvalue weighted by Crippen LogP contribution is -2.49. The van der Waals surface area contributed by atoms with Gasteiger partial charge in [-0.2, -0.15) is 0 Å². The number of ether oxygens (including phenoxy) is 1. The molecular weight excluding hydrogens is 316 g/mol. The van der Waals surface area contributed by atoms with Crippen LogP contribution in [0.1, 0.15) is 26.3 Å². The number of piperazine rings is 1. The van der Waals surface area contributed by atoms with E-state index >= 15 is 0 Å². The minimum atomic E-state index is -0.397. The third-order valence-corrected chi connectivity index (χ3v) is 4.58.